The number of aromatic nitrogens is 2. The summed E-state index contributed by atoms with van der Waals surface area (Å²) in [6.07, 6.45) is 0. The van der Waals surface area contributed by atoms with E-state index in [0.29, 0.717) is 11.0 Å². The second-order valence-electron chi connectivity index (χ2n) is 2.96. The molecule has 2 rings (SSSR count). The molecule has 0 N–H and O–H groups in total. The van der Waals surface area contributed by atoms with Crippen LogP contribution in [0.1, 0.15) is 5.82 Å². The Labute approximate surface area is 94.8 Å². The summed E-state index contributed by atoms with van der Waals surface area (Å²) in [7, 11) is 0. The van der Waals surface area contributed by atoms with E-state index in [0.717, 1.165) is 4.90 Å². The Morgan fingerprint density at radius 3 is 2.56 bits per heavy atom. The lowest BCUT2D eigenvalue weighted by molar-refractivity contribution is -0.384. The number of non-ortho nitro benzene ring substituents is 1. The largest absolute Gasteiger partial charge is 0.327 e. The van der Waals surface area contributed by atoms with Crippen LogP contribution in [0.3, 0.4) is 0 Å². The van der Waals surface area contributed by atoms with E-state index in [9.17, 15) is 10.1 Å². The van der Waals surface area contributed by atoms with Crippen molar-refractivity contribution in [3.8, 4) is 0 Å². The molecule has 0 spiro atoms. The molecule has 1 heterocycles. The summed E-state index contributed by atoms with van der Waals surface area (Å²) >= 11 is 1.27. The van der Waals surface area contributed by atoms with E-state index in [1.54, 1.807) is 19.1 Å². The maximum atomic E-state index is 10.4. The van der Waals surface area contributed by atoms with Crippen LogP contribution in [0.2, 0.25) is 0 Å². The predicted molar refractivity (Wildman–Crippen MR) is 56.3 cm³/mol. The van der Waals surface area contributed by atoms with E-state index >= 15 is 0 Å². The van der Waals surface area contributed by atoms with Crippen LogP contribution < -0.4 is 0 Å². The van der Waals surface area contributed by atoms with Gasteiger partial charge in [0, 0.05) is 17.0 Å². The number of benzene rings is 1. The fourth-order valence-corrected chi connectivity index (χ4v) is 1.78. The third kappa shape index (κ3) is 2.37. The number of aryl methyl sites for hydroxylation is 1. The van der Waals surface area contributed by atoms with Crippen molar-refractivity contribution in [3.63, 3.8) is 0 Å². The molecule has 82 valence electrons. The van der Waals surface area contributed by atoms with Gasteiger partial charge in [0.25, 0.3) is 10.9 Å². The highest BCUT2D eigenvalue weighted by Crippen LogP contribution is 2.27. The summed E-state index contributed by atoms with van der Waals surface area (Å²) in [5.74, 6) is 0.560. The number of nitro benzene ring substituents is 1. The van der Waals surface area contributed by atoms with Gasteiger partial charge < -0.3 is 4.52 Å². The lowest BCUT2D eigenvalue weighted by Crippen LogP contribution is -1.86. The Balaban J connectivity index is 2.14. The fraction of sp³-hybridized carbons (Fsp3) is 0.111. The average Bonchev–Trinajstić information content (AvgIpc) is 2.65. The predicted octanol–water partition coefficient (Wildman–Crippen LogP) is 2.44. The molecule has 6 nitrogen and oxygen atoms in total. The first kappa shape index (κ1) is 10.6. The maximum absolute atomic E-state index is 10.4. The third-order valence-corrected chi connectivity index (χ3v) is 2.61. The van der Waals surface area contributed by atoms with Crippen LogP contribution in [0.5, 0.6) is 0 Å². The maximum Gasteiger partial charge on any atom is 0.290 e. The zero-order chi connectivity index (χ0) is 11.5. The molecule has 0 unspecified atom stereocenters. The van der Waals surface area contributed by atoms with Gasteiger partial charge in [0.2, 0.25) is 0 Å². The van der Waals surface area contributed by atoms with Gasteiger partial charge in [-0.3, -0.25) is 10.1 Å². The molecule has 0 amide bonds. The first-order valence-electron chi connectivity index (χ1n) is 4.38. The first-order valence-corrected chi connectivity index (χ1v) is 5.19. The van der Waals surface area contributed by atoms with E-state index in [1.165, 1.54) is 23.9 Å². The van der Waals surface area contributed by atoms with Gasteiger partial charge in [-0.1, -0.05) is 5.16 Å². The van der Waals surface area contributed by atoms with Crippen molar-refractivity contribution in [3.05, 3.63) is 40.2 Å². The Bertz CT molecular complexity index is 509. The van der Waals surface area contributed by atoms with Crippen LogP contribution in [0, 0.1) is 17.0 Å². The Morgan fingerprint density at radius 1 is 1.38 bits per heavy atom. The Kier molecular flexibility index (Phi) is 2.86. The first-order chi connectivity index (χ1) is 7.65. The molecule has 0 aliphatic rings. The average molecular weight is 237 g/mol. The minimum atomic E-state index is -0.439. The summed E-state index contributed by atoms with van der Waals surface area (Å²) in [5.41, 5.74) is 0.0612. The van der Waals surface area contributed by atoms with Gasteiger partial charge in [0.05, 0.1) is 4.92 Å². The monoisotopic (exact) mass is 237 g/mol. The van der Waals surface area contributed by atoms with E-state index in [2.05, 4.69) is 10.1 Å². The molecule has 1 aromatic heterocycles. The summed E-state index contributed by atoms with van der Waals surface area (Å²) in [6, 6.07) is 6.15. The van der Waals surface area contributed by atoms with Gasteiger partial charge in [0.15, 0.2) is 5.82 Å². The molecule has 0 aliphatic carbocycles. The topological polar surface area (TPSA) is 82.1 Å². The lowest BCUT2D eigenvalue weighted by atomic mass is 10.3. The second kappa shape index (κ2) is 4.31. The number of rotatable bonds is 3. The molecule has 0 atom stereocenters. The highest BCUT2D eigenvalue weighted by Gasteiger charge is 2.08. The van der Waals surface area contributed by atoms with Gasteiger partial charge in [-0.05, 0) is 30.8 Å². The minimum Gasteiger partial charge on any atom is -0.327 e. The Hall–Kier alpha value is -1.89. The second-order valence-corrected chi connectivity index (χ2v) is 3.99. The molecular formula is C9H7N3O3S. The van der Waals surface area contributed by atoms with Crippen LogP contribution in [0.15, 0.2) is 38.9 Å². The SMILES string of the molecule is Cc1noc(Sc2ccc([N+](=O)[O-])cc2)n1. The van der Waals surface area contributed by atoms with E-state index in [-0.39, 0.29) is 5.69 Å². The molecular weight excluding hydrogens is 230 g/mol. The quantitative estimate of drug-likeness (QED) is 0.602. The normalized spacial score (nSPS) is 10.3. The zero-order valence-electron chi connectivity index (χ0n) is 8.28. The molecule has 1 aromatic carbocycles. The van der Waals surface area contributed by atoms with Gasteiger partial charge in [0.1, 0.15) is 0 Å². The van der Waals surface area contributed by atoms with Crippen LogP contribution in [0.4, 0.5) is 5.69 Å². The van der Waals surface area contributed by atoms with Crippen molar-refractivity contribution in [2.24, 2.45) is 0 Å². The molecule has 7 heteroatoms. The number of nitrogens with zero attached hydrogens (tertiary/aromatic N) is 3. The molecule has 0 saturated carbocycles. The molecule has 0 saturated heterocycles. The highest BCUT2D eigenvalue weighted by molar-refractivity contribution is 7.99. The Morgan fingerprint density at radius 2 is 2.06 bits per heavy atom. The molecule has 2 aromatic rings. The smallest absolute Gasteiger partial charge is 0.290 e. The van der Waals surface area contributed by atoms with Crippen molar-refractivity contribution >= 4 is 17.4 Å². The van der Waals surface area contributed by atoms with E-state index < -0.39 is 4.92 Å². The van der Waals surface area contributed by atoms with Crippen molar-refractivity contribution in [1.29, 1.82) is 0 Å². The number of hydrogen-bond donors (Lipinski definition) is 0. The summed E-state index contributed by atoms with van der Waals surface area (Å²) < 4.78 is 4.91. The molecule has 0 radical (unpaired) electrons. The van der Waals surface area contributed by atoms with E-state index in [4.69, 9.17) is 4.52 Å². The van der Waals surface area contributed by atoms with E-state index in [1.807, 2.05) is 0 Å². The zero-order valence-corrected chi connectivity index (χ0v) is 9.10. The number of nitro groups is 1. The van der Waals surface area contributed by atoms with Gasteiger partial charge in [-0.15, -0.1) is 0 Å². The summed E-state index contributed by atoms with van der Waals surface area (Å²) in [6.45, 7) is 1.73. The van der Waals surface area contributed by atoms with Gasteiger partial charge in [-0.2, -0.15) is 4.98 Å². The molecule has 0 aliphatic heterocycles. The highest BCUT2D eigenvalue weighted by atomic mass is 32.2. The van der Waals surface area contributed by atoms with Crippen molar-refractivity contribution in [2.45, 2.75) is 17.0 Å². The van der Waals surface area contributed by atoms with Crippen LogP contribution in [0.25, 0.3) is 0 Å². The fourth-order valence-electron chi connectivity index (χ4n) is 1.06. The third-order valence-electron chi connectivity index (χ3n) is 1.76. The van der Waals surface area contributed by atoms with Crippen LogP contribution in [-0.4, -0.2) is 15.1 Å². The van der Waals surface area contributed by atoms with Gasteiger partial charge >= 0.3 is 0 Å². The molecule has 16 heavy (non-hydrogen) atoms. The van der Waals surface area contributed by atoms with Crippen molar-refractivity contribution in [2.75, 3.05) is 0 Å². The summed E-state index contributed by atoms with van der Waals surface area (Å²) in [4.78, 5) is 14.8. The number of hydrogen-bond acceptors (Lipinski definition) is 6. The van der Waals surface area contributed by atoms with Crippen molar-refractivity contribution < 1.29 is 9.45 Å². The van der Waals surface area contributed by atoms with Crippen LogP contribution in [-0.2, 0) is 0 Å². The lowest BCUT2D eigenvalue weighted by Gasteiger charge is -1.95. The van der Waals surface area contributed by atoms with Crippen LogP contribution >= 0.6 is 11.8 Å². The molecule has 0 bridgehead atoms. The minimum absolute atomic E-state index is 0.0612. The standard InChI is InChI=1S/C9H7N3O3S/c1-6-10-9(15-11-6)16-8-4-2-7(3-5-8)12(13)14/h2-5H,1H3. The summed E-state index contributed by atoms with van der Waals surface area (Å²) in [5, 5.41) is 14.5. The molecule has 0 fully saturated rings. The van der Waals surface area contributed by atoms with Gasteiger partial charge in [-0.25, -0.2) is 0 Å². The van der Waals surface area contributed by atoms with Crippen molar-refractivity contribution in [1.82, 2.24) is 10.1 Å².